The number of nitrogens with one attached hydrogen (secondary N) is 3. The standard InChI is InChI=1S/C21H37N6/c1-25-10-4-16(5-11-25)19-22-20(17-6-12-26(2)13-7-17)24-21(23-19)18-8-14-27(3)15-9-18/h4-5,10-11,17-24H,6-9,12-15H2,1-3H3/q+1. The molecule has 0 amide bonds. The van der Waals surface area contributed by atoms with Crippen molar-refractivity contribution in [3.63, 3.8) is 0 Å². The summed E-state index contributed by atoms with van der Waals surface area (Å²) in [5.74, 6) is 1.42. The van der Waals surface area contributed by atoms with Gasteiger partial charge in [-0.2, -0.15) is 0 Å². The first-order valence-electron chi connectivity index (χ1n) is 10.7. The Morgan fingerprint density at radius 3 is 1.67 bits per heavy atom. The van der Waals surface area contributed by atoms with Gasteiger partial charge in [0.25, 0.3) is 0 Å². The fourth-order valence-electron chi connectivity index (χ4n) is 4.86. The van der Waals surface area contributed by atoms with Crippen molar-refractivity contribution in [2.75, 3.05) is 40.3 Å². The van der Waals surface area contributed by atoms with E-state index in [2.05, 4.69) is 76.0 Å². The molecule has 0 aromatic carbocycles. The van der Waals surface area contributed by atoms with Crippen LogP contribution in [0, 0.1) is 11.8 Å². The second-order valence-corrected chi connectivity index (χ2v) is 8.97. The number of rotatable bonds is 3. The number of nitrogens with zero attached hydrogens (tertiary/aromatic N) is 3. The van der Waals surface area contributed by atoms with Gasteiger partial charge in [-0.3, -0.25) is 16.0 Å². The van der Waals surface area contributed by atoms with Gasteiger partial charge in [0.05, 0.1) is 18.5 Å². The highest BCUT2D eigenvalue weighted by atomic mass is 15.4. The van der Waals surface area contributed by atoms with Crippen LogP contribution in [0.3, 0.4) is 0 Å². The molecular weight excluding hydrogens is 336 g/mol. The normalized spacial score (nSPS) is 32.6. The van der Waals surface area contributed by atoms with Crippen LogP contribution in [0.25, 0.3) is 0 Å². The summed E-state index contributed by atoms with van der Waals surface area (Å²) < 4.78 is 2.10. The van der Waals surface area contributed by atoms with Crippen molar-refractivity contribution in [3.05, 3.63) is 30.1 Å². The van der Waals surface area contributed by atoms with Crippen LogP contribution in [0.4, 0.5) is 0 Å². The lowest BCUT2D eigenvalue weighted by Crippen LogP contribution is -2.68. The van der Waals surface area contributed by atoms with Crippen LogP contribution in [0.15, 0.2) is 24.5 Å². The van der Waals surface area contributed by atoms with Crippen molar-refractivity contribution in [1.82, 2.24) is 25.8 Å². The van der Waals surface area contributed by atoms with Gasteiger partial charge in [0, 0.05) is 12.1 Å². The molecule has 150 valence electrons. The molecule has 27 heavy (non-hydrogen) atoms. The zero-order valence-corrected chi connectivity index (χ0v) is 17.2. The van der Waals surface area contributed by atoms with Gasteiger partial charge in [0.15, 0.2) is 12.4 Å². The Morgan fingerprint density at radius 2 is 1.22 bits per heavy atom. The van der Waals surface area contributed by atoms with Crippen molar-refractivity contribution in [2.24, 2.45) is 18.9 Å². The van der Waals surface area contributed by atoms with Crippen LogP contribution in [-0.4, -0.2) is 62.4 Å². The minimum atomic E-state index is 0.224. The lowest BCUT2D eigenvalue weighted by Gasteiger charge is -2.47. The highest BCUT2D eigenvalue weighted by Gasteiger charge is 2.37. The lowest BCUT2D eigenvalue weighted by molar-refractivity contribution is -0.671. The third-order valence-electron chi connectivity index (χ3n) is 6.86. The van der Waals surface area contributed by atoms with Crippen molar-refractivity contribution in [2.45, 2.75) is 44.2 Å². The lowest BCUT2D eigenvalue weighted by atomic mass is 9.89. The van der Waals surface area contributed by atoms with Crippen LogP contribution in [0.5, 0.6) is 0 Å². The zero-order valence-electron chi connectivity index (χ0n) is 17.2. The number of piperidine rings is 2. The average molecular weight is 374 g/mol. The molecule has 0 bridgehead atoms. The van der Waals surface area contributed by atoms with Gasteiger partial charge in [-0.25, -0.2) is 4.57 Å². The third-order valence-corrected chi connectivity index (χ3v) is 6.86. The average Bonchev–Trinajstić information content (AvgIpc) is 2.69. The summed E-state index contributed by atoms with van der Waals surface area (Å²) in [6.45, 7) is 4.84. The van der Waals surface area contributed by atoms with Gasteiger partial charge in [-0.1, -0.05) is 0 Å². The Balaban J connectivity index is 1.50. The van der Waals surface area contributed by atoms with E-state index in [0.717, 1.165) is 0 Å². The number of likely N-dealkylation sites (tertiary alicyclic amines) is 2. The van der Waals surface area contributed by atoms with Gasteiger partial charge in [-0.15, -0.1) is 0 Å². The van der Waals surface area contributed by atoms with Crippen LogP contribution in [-0.2, 0) is 7.05 Å². The third kappa shape index (κ3) is 4.69. The van der Waals surface area contributed by atoms with E-state index in [1.807, 2.05) is 0 Å². The Bertz CT molecular complexity index is 559. The van der Waals surface area contributed by atoms with E-state index in [1.165, 1.54) is 57.4 Å². The van der Waals surface area contributed by atoms with Crippen LogP contribution < -0.4 is 20.5 Å². The molecule has 0 aliphatic carbocycles. The molecule has 3 saturated heterocycles. The fraction of sp³-hybridized carbons (Fsp3) is 0.762. The first-order chi connectivity index (χ1) is 13.1. The summed E-state index contributed by atoms with van der Waals surface area (Å²) in [6.07, 6.45) is 10.4. The molecule has 2 atom stereocenters. The number of pyridine rings is 1. The molecular formula is C21H37N6+. The van der Waals surface area contributed by atoms with Gasteiger partial charge in [0.2, 0.25) is 0 Å². The van der Waals surface area contributed by atoms with E-state index < -0.39 is 0 Å². The summed E-state index contributed by atoms with van der Waals surface area (Å²) in [5, 5.41) is 11.8. The van der Waals surface area contributed by atoms with Crippen LogP contribution in [0.2, 0.25) is 0 Å². The molecule has 4 heterocycles. The Kier molecular flexibility index (Phi) is 6.09. The second kappa shape index (κ2) is 8.53. The molecule has 4 rings (SSSR count). The van der Waals surface area contributed by atoms with Crippen molar-refractivity contribution in [3.8, 4) is 0 Å². The molecule has 3 aliphatic heterocycles. The zero-order chi connectivity index (χ0) is 18.8. The molecule has 3 N–H and O–H groups in total. The molecule has 1 aromatic rings. The quantitative estimate of drug-likeness (QED) is 0.679. The predicted molar refractivity (Wildman–Crippen MR) is 108 cm³/mol. The van der Waals surface area contributed by atoms with Gasteiger partial charge in [-0.05, 0) is 83.4 Å². The molecule has 0 radical (unpaired) electrons. The molecule has 0 saturated carbocycles. The molecule has 3 fully saturated rings. The summed E-state index contributed by atoms with van der Waals surface area (Å²) in [6, 6.07) is 4.49. The summed E-state index contributed by atoms with van der Waals surface area (Å²) in [5.41, 5.74) is 1.34. The van der Waals surface area contributed by atoms with Crippen LogP contribution in [0.1, 0.15) is 37.4 Å². The van der Waals surface area contributed by atoms with E-state index in [4.69, 9.17) is 0 Å². The fourth-order valence-corrected chi connectivity index (χ4v) is 4.86. The topological polar surface area (TPSA) is 46.5 Å². The molecule has 1 aromatic heterocycles. The molecule has 0 spiro atoms. The van der Waals surface area contributed by atoms with E-state index in [1.54, 1.807) is 0 Å². The smallest absolute Gasteiger partial charge is 0.168 e. The maximum absolute atomic E-state index is 3.97. The number of aromatic nitrogens is 1. The number of aryl methyl sites for hydroxylation is 1. The maximum atomic E-state index is 3.97. The summed E-state index contributed by atoms with van der Waals surface area (Å²) in [7, 11) is 6.57. The Morgan fingerprint density at radius 1 is 0.778 bits per heavy atom. The minimum Gasteiger partial charge on any atom is -0.306 e. The molecule has 2 unspecified atom stereocenters. The van der Waals surface area contributed by atoms with Gasteiger partial charge < -0.3 is 9.80 Å². The maximum Gasteiger partial charge on any atom is 0.168 e. The van der Waals surface area contributed by atoms with Gasteiger partial charge in [0.1, 0.15) is 7.05 Å². The monoisotopic (exact) mass is 373 g/mol. The van der Waals surface area contributed by atoms with Gasteiger partial charge >= 0.3 is 0 Å². The number of hydrogen-bond donors (Lipinski definition) is 3. The van der Waals surface area contributed by atoms with E-state index in [-0.39, 0.29) is 6.17 Å². The SMILES string of the molecule is CN1CCC(C2NC(c3cc[n+](C)cc3)NC(C3CCN(C)CC3)N2)CC1. The van der Waals surface area contributed by atoms with E-state index in [0.29, 0.717) is 24.2 Å². The second-order valence-electron chi connectivity index (χ2n) is 8.97. The van der Waals surface area contributed by atoms with Crippen LogP contribution >= 0.6 is 0 Å². The number of hydrogen-bond acceptors (Lipinski definition) is 5. The first-order valence-corrected chi connectivity index (χ1v) is 10.7. The van der Waals surface area contributed by atoms with Crippen molar-refractivity contribution < 1.29 is 4.57 Å². The van der Waals surface area contributed by atoms with E-state index >= 15 is 0 Å². The summed E-state index contributed by atoms with van der Waals surface area (Å²) >= 11 is 0. The van der Waals surface area contributed by atoms with Crippen molar-refractivity contribution in [1.29, 1.82) is 0 Å². The Labute approximate surface area is 164 Å². The molecule has 3 aliphatic rings. The highest BCUT2D eigenvalue weighted by Crippen LogP contribution is 2.27. The van der Waals surface area contributed by atoms with E-state index in [9.17, 15) is 0 Å². The summed E-state index contributed by atoms with van der Waals surface area (Å²) in [4.78, 5) is 4.92. The molecule has 6 nitrogen and oxygen atoms in total. The largest absolute Gasteiger partial charge is 0.306 e. The first kappa shape index (κ1) is 19.3. The highest BCUT2D eigenvalue weighted by molar-refractivity contribution is 5.14. The Hall–Kier alpha value is -1.05. The predicted octanol–water partition coefficient (Wildman–Crippen LogP) is 0.628. The van der Waals surface area contributed by atoms with Crippen molar-refractivity contribution >= 4 is 0 Å². The minimum absolute atomic E-state index is 0.224. The molecule has 6 heteroatoms.